The quantitative estimate of drug-likeness (QED) is 0.666. The molecule has 1 N–H and O–H groups in total. The van der Waals surface area contributed by atoms with Gasteiger partial charge in [-0.05, 0) is 31.6 Å². The molecule has 0 unspecified atom stereocenters. The van der Waals surface area contributed by atoms with Crippen LogP contribution in [0, 0.1) is 6.92 Å². The first-order chi connectivity index (χ1) is 12.5. The van der Waals surface area contributed by atoms with Crippen molar-refractivity contribution in [2.24, 2.45) is 0 Å². The predicted octanol–water partition coefficient (Wildman–Crippen LogP) is 3.61. The smallest absolute Gasteiger partial charge is 0.275 e. The van der Waals surface area contributed by atoms with Crippen LogP contribution in [0.15, 0.2) is 35.1 Å². The summed E-state index contributed by atoms with van der Waals surface area (Å²) in [4.78, 5) is 19.3. The molecule has 2 heterocycles. The van der Waals surface area contributed by atoms with Gasteiger partial charge in [0, 0.05) is 23.3 Å². The zero-order chi connectivity index (χ0) is 18.7. The number of fused-ring (bicyclic) bond motifs is 1. The van der Waals surface area contributed by atoms with Gasteiger partial charge in [0.05, 0.1) is 6.04 Å². The van der Waals surface area contributed by atoms with Crippen molar-refractivity contribution < 1.29 is 0 Å². The van der Waals surface area contributed by atoms with Crippen LogP contribution >= 0.6 is 22.9 Å². The molecule has 0 amide bonds. The number of aromatic nitrogens is 3. The van der Waals surface area contributed by atoms with Crippen molar-refractivity contribution in [1.82, 2.24) is 19.5 Å². The van der Waals surface area contributed by atoms with Crippen molar-refractivity contribution in [2.45, 2.75) is 26.8 Å². The topological polar surface area (TPSA) is 62.5 Å². The van der Waals surface area contributed by atoms with E-state index in [2.05, 4.69) is 40.2 Å². The molecule has 0 fully saturated rings. The molecule has 0 saturated carbocycles. The second-order valence-electron chi connectivity index (χ2n) is 5.98. The summed E-state index contributed by atoms with van der Waals surface area (Å²) in [5.74, 6) is 0. The standard InChI is InChI=1S/C18H22ClN5OS/c1-4-23(5-2)15(13-8-6-7-9-14(13)19)11-20-17-22-24-16(25)10-12(3)21-18(24)26-17/h6-10,15H,4-5,11H2,1-3H3,(H,20,22)/t15-/m1/s1. The summed E-state index contributed by atoms with van der Waals surface area (Å²) in [6.07, 6.45) is 0. The van der Waals surface area contributed by atoms with E-state index in [0.29, 0.717) is 22.3 Å². The number of hydrogen-bond donors (Lipinski definition) is 1. The van der Waals surface area contributed by atoms with E-state index in [1.807, 2.05) is 25.1 Å². The fourth-order valence-electron chi connectivity index (χ4n) is 3.02. The Hall–Kier alpha value is -1.96. The Morgan fingerprint density at radius 2 is 2.04 bits per heavy atom. The lowest BCUT2D eigenvalue weighted by molar-refractivity contribution is 0.228. The summed E-state index contributed by atoms with van der Waals surface area (Å²) in [5, 5.41) is 9.14. The van der Waals surface area contributed by atoms with E-state index in [9.17, 15) is 4.79 Å². The van der Waals surface area contributed by atoms with Gasteiger partial charge in [-0.15, -0.1) is 5.10 Å². The molecule has 138 valence electrons. The lowest BCUT2D eigenvalue weighted by Crippen LogP contribution is -2.33. The summed E-state index contributed by atoms with van der Waals surface area (Å²) < 4.78 is 1.34. The third kappa shape index (κ3) is 3.90. The van der Waals surface area contributed by atoms with Gasteiger partial charge in [0.25, 0.3) is 5.56 Å². The number of nitrogens with zero attached hydrogens (tertiary/aromatic N) is 4. The average molecular weight is 392 g/mol. The highest BCUT2D eigenvalue weighted by Crippen LogP contribution is 2.28. The molecule has 1 atom stereocenters. The zero-order valence-electron chi connectivity index (χ0n) is 15.1. The largest absolute Gasteiger partial charge is 0.358 e. The maximum absolute atomic E-state index is 12.0. The van der Waals surface area contributed by atoms with E-state index in [0.717, 1.165) is 23.7 Å². The Morgan fingerprint density at radius 1 is 1.31 bits per heavy atom. The molecule has 3 rings (SSSR count). The van der Waals surface area contributed by atoms with Crippen LogP contribution in [-0.2, 0) is 0 Å². The average Bonchev–Trinajstić information content (AvgIpc) is 3.02. The molecule has 0 saturated heterocycles. The molecule has 6 nitrogen and oxygen atoms in total. The first kappa shape index (κ1) is 18.8. The summed E-state index contributed by atoms with van der Waals surface area (Å²) in [6.45, 7) is 8.54. The van der Waals surface area contributed by atoms with E-state index in [1.165, 1.54) is 21.9 Å². The van der Waals surface area contributed by atoms with Crippen molar-refractivity contribution in [3.63, 3.8) is 0 Å². The van der Waals surface area contributed by atoms with Gasteiger partial charge in [-0.3, -0.25) is 9.69 Å². The Morgan fingerprint density at radius 3 is 2.73 bits per heavy atom. The van der Waals surface area contributed by atoms with E-state index in [-0.39, 0.29) is 11.6 Å². The van der Waals surface area contributed by atoms with Crippen molar-refractivity contribution in [2.75, 3.05) is 25.0 Å². The molecular weight excluding hydrogens is 370 g/mol. The molecule has 0 spiro atoms. The maximum atomic E-state index is 12.0. The first-order valence-corrected chi connectivity index (χ1v) is 9.82. The number of likely N-dealkylation sites (N-methyl/N-ethyl adjacent to an activating group) is 1. The Balaban J connectivity index is 1.87. The van der Waals surface area contributed by atoms with Gasteiger partial charge in [-0.1, -0.05) is 55.0 Å². The molecule has 0 aliphatic carbocycles. The van der Waals surface area contributed by atoms with E-state index < -0.39 is 0 Å². The van der Waals surface area contributed by atoms with Crippen LogP contribution < -0.4 is 10.9 Å². The number of benzene rings is 1. The van der Waals surface area contributed by atoms with Gasteiger partial charge in [-0.25, -0.2) is 4.98 Å². The van der Waals surface area contributed by atoms with Crippen LogP contribution in [0.3, 0.4) is 0 Å². The van der Waals surface area contributed by atoms with Gasteiger partial charge in [0.1, 0.15) is 0 Å². The molecule has 2 aromatic heterocycles. The number of halogens is 1. The molecular formula is C18H22ClN5OS. The van der Waals surface area contributed by atoms with Crippen molar-refractivity contribution in [3.05, 3.63) is 57.0 Å². The summed E-state index contributed by atoms with van der Waals surface area (Å²) >= 11 is 7.81. The van der Waals surface area contributed by atoms with Gasteiger partial charge >= 0.3 is 0 Å². The molecule has 8 heteroatoms. The van der Waals surface area contributed by atoms with Crippen molar-refractivity contribution in [1.29, 1.82) is 0 Å². The number of nitrogens with one attached hydrogen (secondary N) is 1. The first-order valence-electron chi connectivity index (χ1n) is 8.63. The fraction of sp³-hybridized carbons (Fsp3) is 0.389. The summed E-state index contributed by atoms with van der Waals surface area (Å²) in [5.41, 5.74) is 1.61. The van der Waals surface area contributed by atoms with Gasteiger partial charge in [0.2, 0.25) is 10.1 Å². The Labute approximate surface area is 161 Å². The molecule has 0 radical (unpaired) electrons. The minimum absolute atomic E-state index is 0.108. The normalized spacial score (nSPS) is 12.7. The second kappa shape index (κ2) is 8.16. The number of anilines is 1. The van der Waals surface area contributed by atoms with Crippen LogP contribution in [-0.4, -0.2) is 39.1 Å². The zero-order valence-corrected chi connectivity index (χ0v) is 16.6. The van der Waals surface area contributed by atoms with E-state index in [1.54, 1.807) is 0 Å². The summed E-state index contributed by atoms with van der Waals surface area (Å²) in [7, 11) is 0. The molecule has 0 aliphatic heterocycles. The van der Waals surface area contributed by atoms with Crippen molar-refractivity contribution >= 4 is 33.0 Å². The number of aryl methyl sites for hydroxylation is 1. The van der Waals surface area contributed by atoms with Crippen molar-refractivity contribution in [3.8, 4) is 0 Å². The number of hydrogen-bond acceptors (Lipinski definition) is 6. The highest BCUT2D eigenvalue weighted by atomic mass is 35.5. The van der Waals surface area contributed by atoms with Crippen LogP contribution in [0.2, 0.25) is 5.02 Å². The van der Waals surface area contributed by atoms with Gasteiger partial charge in [0.15, 0.2) is 0 Å². The monoisotopic (exact) mass is 391 g/mol. The van der Waals surface area contributed by atoms with Gasteiger partial charge in [-0.2, -0.15) is 4.52 Å². The highest BCUT2D eigenvalue weighted by Gasteiger charge is 2.21. The molecule has 0 bridgehead atoms. The minimum Gasteiger partial charge on any atom is -0.358 e. The SMILES string of the molecule is CCN(CC)[C@H](CNc1nn2c(=O)cc(C)nc2s1)c1ccccc1Cl. The third-order valence-electron chi connectivity index (χ3n) is 4.34. The second-order valence-corrected chi connectivity index (χ2v) is 7.34. The van der Waals surface area contributed by atoms with Crippen LogP contribution in [0.4, 0.5) is 5.13 Å². The van der Waals surface area contributed by atoms with Gasteiger partial charge < -0.3 is 5.32 Å². The van der Waals surface area contributed by atoms with E-state index >= 15 is 0 Å². The highest BCUT2D eigenvalue weighted by molar-refractivity contribution is 7.20. The fourth-order valence-corrected chi connectivity index (χ4v) is 4.14. The molecule has 1 aromatic carbocycles. The van der Waals surface area contributed by atoms with Crippen LogP contribution in [0.25, 0.3) is 4.96 Å². The Bertz CT molecular complexity index is 950. The summed E-state index contributed by atoms with van der Waals surface area (Å²) in [6, 6.07) is 9.50. The molecule has 0 aliphatic rings. The minimum atomic E-state index is -0.164. The number of rotatable bonds is 7. The van der Waals surface area contributed by atoms with E-state index in [4.69, 9.17) is 11.6 Å². The lowest BCUT2D eigenvalue weighted by atomic mass is 10.0. The Kier molecular flexibility index (Phi) is 5.90. The molecule has 26 heavy (non-hydrogen) atoms. The lowest BCUT2D eigenvalue weighted by Gasteiger charge is -2.30. The van der Waals surface area contributed by atoms with Crippen LogP contribution in [0.1, 0.15) is 31.1 Å². The third-order valence-corrected chi connectivity index (χ3v) is 5.55. The molecule has 3 aromatic rings. The van der Waals surface area contributed by atoms with Crippen LogP contribution in [0.5, 0.6) is 0 Å². The maximum Gasteiger partial charge on any atom is 0.275 e. The predicted molar refractivity (Wildman–Crippen MR) is 107 cm³/mol.